The lowest BCUT2D eigenvalue weighted by molar-refractivity contribution is -0.136. The summed E-state index contributed by atoms with van der Waals surface area (Å²) in [6.07, 6.45) is -0.159. The number of aryl methyl sites for hydroxylation is 1. The van der Waals surface area contributed by atoms with Gasteiger partial charge < -0.3 is 9.84 Å². The van der Waals surface area contributed by atoms with E-state index in [2.05, 4.69) is 0 Å². The van der Waals surface area contributed by atoms with E-state index in [0.29, 0.717) is 22.7 Å². The molecule has 1 amide bonds. The highest BCUT2D eigenvalue weighted by molar-refractivity contribution is 6.01. The van der Waals surface area contributed by atoms with Gasteiger partial charge in [0.1, 0.15) is 5.75 Å². The van der Waals surface area contributed by atoms with Crippen molar-refractivity contribution >= 4 is 23.3 Å². The summed E-state index contributed by atoms with van der Waals surface area (Å²) in [6.45, 7) is 3.36. The summed E-state index contributed by atoms with van der Waals surface area (Å²) in [5, 5.41) is 9.10. The Balaban J connectivity index is 2.63. The van der Waals surface area contributed by atoms with E-state index in [0.717, 1.165) is 5.56 Å². The Hall–Kier alpha value is -2.82. The number of anilines is 2. The molecule has 0 aliphatic rings. The van der Waals surface area contributed by atoms with Crippen molar-refractivity contribution < 1.29 is 19.4 Å². The molecule has 0 saturated heterocycles. The Bertz CT molecular complexity index is 740. The van der Waals surface area contributed by atoms with Gasteiger partial charge >= 0.3 is 5.97 Å². The zero-order chi connectivity index (χ0) is 17.0. The Kier molecular flexibility index (Phi) is 5.01. The van der Waals surface area contributed by atoms with E-state index in [4.69, 9.17) is 9.84 Å². The van der Waals surface area contributed by atoms with E-state index in [-0.39, 0.29) is 12.3 Å². The van der Waals surface area contributed by atoms with Gasteiger partial charge in [0.15, 0.2) is 0 Å². The molecule has 2 aromatic carbocycles. The van der Waals surface area contributed by atoms with Crippen molar-refractivity contribution in [1.82, 2.24) is 0 Å². The van der Waals surface area contributed by atoms with E-state index in [1.165, 1.54) is 18.9 Å². The third kappa shape index (κ3) is 3.69. The van der Waals surface area contributed by atoms with Crippen molar-refractivity contribution in [3.8, 4) is 5.75 Å². The summed E-state index contributed by atoms with van der Waals surface area (Å²) in [4.78, 5) is 24.9. The van der Waals surface area contributed by atoms with Crippen molar-refractivity contribution in [2.45, 2.75) is 20.3 Å². The van der Waals surface area contributed by atoms with E-state index in [1.54, 1.807) is 30.3 Å². The van der Waals surface area contributed by atoms with Gasteiger partial charge in [-0.15, -0.1) is 0 Å². The summed E-state index contributed by atoms with van der Waals surface area (Å²) >= 11 is 0. The van der Waals surface area contributed by atoms with Gasteiger partial charge in [-0.3, -0.25) is 14.5 Å². The highest BCUT2D eigenvalue weighted by atomic mass is 16.5. The maximum Gasteiger partial charge on any atom is 0.307 e. The van der Waals surface area contributed by atoms with Crippen LogP contribution in [0, 0.1) is 6.92 Å². The molecule has 2 aromatic rings. The number of hydrogen-bond donors (Lipinski definition) is 1. The number of carboxylic acids is 1. The van der Waals surface area contributed by atoms with Gasteiger partial charge in [0.2, 0.25) is 5.91 Å². The smallest absolute Gasteiger partial charge is 0.307 e. The normalized spacial score (nSPS) is 10.2. The van der Waals surface area contributed by atoms with Crippen LogP contribution in [-0.4, -0.2) is 24.1 Å². The molecule has 1 N–H and O–H groups in total. The third-order valence-electron chi connectivity index (χ3n) is 3.46. The number of para-hydroxylation sites is 1. The van der Waals surface area contributed by atoms with Crippen LogP contribution in [0.15, 0.2) is 42.5 Å². The maximum atomic E-state index is 12.3. The SMILES string of the molecule is COc1ccc(C)cc1N(C(C)=O)c1ccccc1CC(=O)O. The summed E-state index contributed by atoms with van der Waals surface area (Å²) in [7, 11) is 1.54. The quantitative estimate of drug-likeness (QED) is 0.919. The third-order valence-corrected chi connectivity index (χ3v) is 3.46. The molecule has 0 aliphatic heterocycles. The number of carbonyl (C=O) groups excluding carboxylic acids is 1. The molecule has 5 heteroatoms. The monoisotopic (exact) mass is 313 g/mol. The second-order valence-corrected chi connectivity index (χ2v) is 5.23. The van der Waals surface area contributed by atoms with Gasteiger partial charge in [-0.05, 0) is 36.2 Å². The van der Waals surface area contributed by atoms with E-state index >= 15 is 0 Å². The van der Waals surface area contributed by atoms with Crippen LogP contribution in [-0.2, 0) is 16.0 Å². The number of methoxy groups -OCH3 is 1. The van der Waals surface area contributed by atoms with Gasteiger partial charge in [0.25, 0.3) is 0 Å². The predicted molar refractivity (Wildman–Crippen MR) is 88.3 cm³/mol. The Morgan fingerprint density at radius 1 is 1.13 bits per heavy atom. The molecule has 0 spiro atoms. The standard InChI is InChI=1S/C18H19NO4/c1-12-8-9-17(23-3)16(10-12)19(13(2)20)15-7-5-4-6-14(15)11-18(21)22/h4-10H,11H2,1-3H3,(H,21,22). The summed E-state index contributed by atoms with van der Waals surface area (Å²) in [5.74, 6) is -0.611. The average Bonchev–Trinajstić information content (AvgIpc) is 2.48. The average molecular weight is 313 g/mol. The number of carbonyl (C=O) groups is 2. The van der Waals surface area contributed by atoms with Crippen molar-refractivity contribution in [3.63, 3.8) is 0 Å². The highest BCUT2D eigenvalue weighted by Gasteiger charge is 2.21. The number of hydrogen-bond acceptors (Lipinski definition) is 3. The molecule has 0 bridgehead atoms. The molecule has 0 aliphatic carbocycles. The first-order valence-corrected chi connectivity index (χ1v) is 7.19. The fourth-order valence-electron chi connectivity index (χ4n) is 2.49. The highest BCUT2D eigenvalue weighted by Crippen LogP contribution is 2.36. The Morgan fingerprint density at radius 3 is 2.43 bits per heavy atom. The summed E-state index contributed by atoms with van der Waals surface area (Å²) in [5.41, 5.74) is 2.69. The van der Waals surface area contributed by atoms with Crippen LogP contribution >= 0.6 is 0 Å². The molecule has 120 valence electrons. The molecule has 0 heterocycles. The second-order valence-electron chi connectivity index (χ2n) is 5.23. The minimum Gasteiger partial charge on any atom is -0.495 e. The van der Waals surface area contributed by atoms with Gasteiger partial charge in [0.05, 0.1) is 24.9 Å². The van der Waals surface area contributed by atoms with Crippen LogP contribution in [0.4, 0.5) is 11.4 Å². The van der Waals surface area contributed by atoms with Gasteiger partial charge in [-0.1, -0.05) is 24.3 Å². The molecule has 23 heavy (non-hydrogen) atoms. The zero-order valence-electron chi connectivity index (χ0n) is 13.4. The molecule has 0 atom stereocenters. The lowest BCUT2D eigenvalue weighted by Crippen LogP contribution is -2.25. The summed E-state index contributed by atoms with van der Waals surface area (Å²) < 4.78 is 5.36. The number of benzene rings is 2. The Morgan fingerprint density at radius 2 is 1.83 bits per heavy atom. The van der Waals surface area contributed by atoms with Gasteiger partial charge in [0, 0.05) is 6.92 Å². The van der Waals surface area contributed by atoms with Crippen molar-refractivity contribution in [3.05, 3.63) is 53.6 Å². The minimum absolute atomic E-state index is 0.159. The zero-order valence-corrected chi connectivity index (χ0v) is 13.4. The van der Waals surface area contributed by atoms with Crippen molar-refractivity contribution in [2.24, 2.45) is 0 Å². The molecule has 0 radical (unpaired) electrons. The van der Waals surface area contributed by atoms with Crippen LogP contribution in [0.3, 0.4) is 0 Å². The number of carboxylic acid groups (broad SMARTS) is 1. The molecular weight excluding hydrogens is 294 g/mol. The largest absolute Gasteiger partial charge is 0.495 e. The number of nitrogens with zero attached hydrogens (tertiary/aromatic N) is 1. The first kappa shape index (κ1) is 16.5. The lowest BCUT2D eigenvalue weighted by Gasteiger charge is -2.25. The Labute approximate surface area is 135 Å². The topological polar surface area (TPSA) is 66.8 Å². The minimum atomic E-state index is -0.947. The predicted octanol–water partition coefficient (Wildman–Crippen LogP) is 3.32. The summed E-state index contributed by atoms with van der Waals surface area (Å²) in [6, 6.07) is 12.5. The number of aliphatic carboxylic acids is 1. The lowest BCUT2D eigenvalue weighted by atomic mass is 10.1. The fourth-order valence-corrected chi connectivity index (χ4v) is 2.49. The molecule has 0 unspecified atom stereocenters. The van der Waals surface area contributed by atoms with Gasteiger partial charge in [-0.2, -0.15) is 0 Å². The number of amides is 1. The first-order valence-electron chi connectivity index (χ1n) is 7.19. The van der Waals surface area contributed by atoms with E-state index in [1.807, 2.05) is 19.1 Å². The molecule has 0 aromatic heterocycles. The number of ether oxygens (including phenoxy) is 1. The van der Waals surface area contributed by atoms with Crippen LogP contribution in [0.25, 0.3) is 0 Å². The molecule has 0 saturated carbocycles. The van der Waals surface area contributed by atoms with Crippen molar-refractivity contribution in [2.75, 3.05) is 12.0 Å². The second kappa shape index (κ2) is 6.96. The maximum absolute atomic E-state index is 12.3. The van der Waals surface area contributed by atoms with Crippen LogP contribution in [0.5, 0.6) is 5.75 Å². The van der Waals surface area contributed by atoms with E-state index < -0.39 is 5.97 Å². The fraction of sp³-hybridized carbons (Fsp3) is 0.222. The van der Waals surface area contributed by atoms with Crippen molar-refractivity contribution in [1.29, 1.82) is 0 Å². The number of rotatable bonds is 5. The van der Waals surface area contributed by atoms with Crippen LogP contribution in [0.2, 0.25) is 0 Å². The van der Waals surface area contributed by atoms with Gasteiger partial charge in [-0.25, -0.2) is 0 Å². The molecular formula is C18H19NO4. The van der Waals surface area contributed by atoms with E-state index in [9.17, 15) is 9.59 Å². The molecule has 5 nitrogen and oxygen atoms in total. The van der Waals surface area contributed by atoms with Crippen LogP contribution in [0.1, 0.15) is 18.1 Å². The molecule has 2 rings (SSSR count). The van der Waals surface area contributed by atoms with Crippen LogP contribution < -0.4 is 9.64 Å². The molecule has 0 fully saturated rings. The first-order chi connectivity index (χ1) is 10.9.